The molecule has 2 saturated carbocycles. The van der Waals surface area contributed by atoms with E-state index < -0.39 is 0 Å². The van der Waals surface area contributed by atoms with Crippen molar-refractivity contribution in [2.75, 3.05) is 13.1 Å². The van der Waals surface area contributed by atoms with Gasteiger partial charge in [0.2, 0.25) is 5.91 Å². The summed E-state index contributed by atoms with van der Waals surface area (Å²) in [5.74, 6) is 0.708. The third-order valence-corrected chi connectivity index (χ3v) is 6.28. The number of benzene rings is 1. The van der Waals surface area contributed by atoms with Crippen LogP contribution in [0.3, 0.4) is 0 Å². The van der Waals surface area contributed by atoms with Crippen molar-refractivity contribution in [2.24, 2.45) is 17.6 Å². The Balaban J connectivity index is 1.60. The van der Waals surface area contributed by atoms with Crippen LogP contribution in [0, 0.1) is 11.8 Å². The van der Waals surface area contributed by atoms with E-state index >= 15 is 0 Å². The molecule has 3 atom stereocenters. The Bertz CT molecular complexity index is 554. The summed E-state index contributed by atoms with van der Waals surface area (Å²) in [4.78, 5) is 12.7. The molecule has 4 N–H and O–H groups in total. The van der Waals surface area contributed by atoms with Gasteiger partial charge in [-0.2, -0.15) is 0 Å². The van der Waals surface area contributed by atoms with Gasteiger partial charge in [-0.15, -0.1) is 0 Å². The highest BCUT2D eigenvalue weighted by atomic mass is 16.1. The lowest BCUT2D eigenvalue weighted by Gasteiger charge is -2.35. The highest BCUT2D eigenvalue weighted by molar-refractivity contribution is 5.79. The van der Waals surface area contributed by atoms with Crippen LogP contribution in [0.2, 0.25) is 0 Å². The number of carbonyl (C=O) groups is 1. The summed E-state index contributed by atoms with van der Waals surface area (Å²) in [6, 6.07) is 10.9. The minimum atomic E-state index is 0.0295. The largest absolute Gasteiger partial charge is 0.354 e. The van der Waals surface area contributed by atoms with Crippen molar-refractivity contribution < 1.29 is 4.79 Å². The molecule has 1 aromatic carbocycles. The fourth-order valence-electron chi connectivity index (χ4n) is 4.76. The SMILES string of the molecule is CC(NC1(CNC(=O)[C@@H]2CCC[C@@H]2CN)CCCC1)c1ccccc1. The Morgan fingerprint density at radius 2 is 1.92 bits per heavy atom. The molecular weight excluding hydrogens is 310 g/mol. The van der Waals surface area contributed by atoms with Gasteiger partial charge in [0.15, 0.2) is 0 Å². The third kappa shape index (κ3) is 4.42. The van der Waals surface area contributed by atoms with Crippen LogP contribution in [0.5, 0.6) is 0 Å². The fourth-order valence-corrected chi connectivity index (χ4v) is 4.76. The highest BCUT2D eigenvalue weighted by Gasteiger charge is 2.37. The van der Waals surface area contributed by atoms with Crippen LogP contribution >= 0.6 is 0 Å². The minimum Gasteiger partial charge on any atom is -0.354 e. The van der Waals surface area contributed by atoms with E-state index in [2.05, 4.69) is 47.9 Å². The van der Waals surface area contributed by atoms with Gasteiger partial charge < -0.3 is 16.4 Å². The van der Waals surface area contributed by atoms with Gasteiger partial charge in [-0.25, -0.2) is 0 Å². The minimum absolute atomic E-state index is 0.0295. The zero-order valence-electron chi connectivity index (χ0n) is 15.5. The van der Waals surface area contributed by atoms with Crippen molar-refractivity contribution >= 4 is 5.91 Å². The monoisotopic (exact) mass is 343 g/mol. The Morgan fingerprint density at radius 3 is 2.60 bits per heavy atom. The molecule has 1 unspecified atom stereocenters. The molecule has 1 amide bonds. The van der Waals surface area contributed by atoms with E-state index in [4.69, 9.17) is 5.73 Å². The lowest BCUT2D eigenvalue weighted by atomic mass is 9.92. The maximum absolute atomic E-state index is 12.7. The Morgan fingerprint density at radius 1 is 1.20 bits per heavy atom. The number of rotatable bonds is 7. The lowest BCUT2D eigenvalue weighted by molar-refractivity contribution is -0.126. The maximum Gasteiger partial charge on any atom is 0.223 e. The van der Waals surface area contributed by atoms with Crippen LogP contribution in [-0.2, 0) is 4.79 Å². The van der Waals surface area contributed by atoms with Crippen molar-refractivity contribution in [3.05, 3.63) is 35.9 Å². The summed E-state index contributed by atoms with van der Waals surface area (Å²) < 4.78 is 0. The van der Waals surface area contributed by atoms with Crippen LogP contribution in [0.4, 0.5) is 0 Å². The molecule has 3 rings (SSSR count). The Hall–Kier alpha value is -1.39. The van der Waals surface area contributed by atoms with E-state index in [1.165, 1.54) is 18.4 Å². The van der Waals surface area contributed by atoms with Crippen LogP contribution in [0.15, 0.2) is 30.3 Å². The first-order valence-electron chi connectivity index (χ1n) is 9.94. The van der Waals surface area contributed by atoms with Crippen LogP contribution in [-0.4, -0.2) is 24.5 Å². The average Bonchev–Trinajstić information content (AvgIpc) is 3.30. The predicted octanol–water partition coefficient (Wildman–Crippen LogP) is 3.14. The molecular formula is C21H33N3O. The number of nitrogens with one attached hydrogen (secondary N) is 2. The van der Waals surface area contributed by atoms with Gasteiger partial charge in [0.25, 0.3) is 0 Å². The molecule has 0 bridgehead atoms. The summed E-state index contributed by atoms with van der Waals surface area (Å²) in [6.07, 6.45) is 7.97. The van der Waals surface area contributed by atoms with Gasteiger partial charge in [0.1, 0.15) is 0 Å². The average molecular weight is 344 g/mol. The van der Waals surface area contributed by atoms with Gasteiger partial charge in [-0.3, -0.25) is 4.79 Å². The number of carbonyl (C=O) groups excluding carboxylic acids is 1. The van der Waals surface area contributed by atoms with Gasteiger partial charge in [0, 0.05) is 24.0 Å². The molecule has 2 fully saturated rings. The second-order valence-corrected chi connectivity index (χ2v) is 8.02. The fraction of sp³-hybridized carbons (Fsp3) is 0.667. The van der Waals surface area contributed by atoms with Crippen molar-refractivity contribution in [1.82, 2.24) is 10.6 Å². The van der Waals surface area contributed by atoms with E-state index in [1.807, 2.05) is 0 Å². The topological polar surface area (TPSA) is 67.1 Å². The number of hydrogen-bond acceptors (Lipinski definition) is 3. The van der Waals surface area contributed by atoms with Crippen molar-refractivity contribution in [3.8, 4) is 0 Å². The third-order valence-electron chi connectivity index (χ3n) is 6.28. The molecule has 1 aromatic rings. The first-order valence-corrected chi connectivity index (χ1v) is 9.94. The number of hydrogen-bond donors (Lipinski definition) is 3. The van der Waals surface area contributed by atoms with Crippen LogP contribution < -0.4 is 16.4 Å². The van der Waals surface area contributed by atoms with E-state index in [-0.39, 0.29) is 17.4 Å². The quantitative estimate of drug-likeness (QED) is 0.712. The summed E-state index contributed by atoms with van der Waals surface area (Å²) in [5.41, 5.74) is 7.18. The van der Waals surface area contributed by atoms with Crippen molar-refractivity contribution in [3.63, 3.8) is 0 Å². The molecule has 0 heterocycles. The Labute approximate surface area is 151 Å². The van der Waals surface area contributed by atoms with E-state index in [9.17, 15) is 4.79 Å². The van der Waals surface area contributed by atoms with Gasteiger partial charge >= 0.3 is 0 Å². The van der Waals surface area contributed by atoms with Crippen molar-refractivity contribution in [1.29, 1.82) is 0 Å². The standard InChI is InChI=1S/C21H33N3O/c1-16(17-8-3-2-4-9-17)24-21(12-5-6-13-21)15-23-20(25)19-11-7-10-18(19)14-22/h2-4,8-9,16,18-19,24H,5-7,10-15,22H2,1H3,(H,23,25)/t16?,18-,19-/m1/s1. The molecule has 0 spiro atoms. The molecule has 2 aliphatic rings. The second-order valence-electron chi connectivity index (χ2n) is 8.02. The van der Waals surface area contributed by atoms with E-state index in [0.717, 1.165) is 38.6 Å². The van der Waals surface area contributed by atoms with Gasteiger partial charge in [0.05, 0.1) is 0 Å². The second kappa shape index (κ2) is 8.33. The van der Waals surface area contributed by atoms with Gasteiger partial charge in [-0.05, 0) is 50.6 Å². The molecule has 138 valence electrons. The van der Waals surface area contributed by atoms with Crippen LogP contribution in [0.1, 0.15) is 63.5 Å². The molecule has 0 aromatic heterocycles. The number of nitrogens with two attached hydrogens (primary N) is 1. The van der Waals surface area contributed by atoms with E-state index in [1.54, 1.807) is 0 Å². The number of amides is 1. The normalized spacial score (nSPS) is 26.5. The lowest BCUT2D eigenvalue weighted by Crippen LogP contribution is -2.53. The summed E-state index contributed by atoms with van der Waals surface area (Å²) >= 11 is 0. The van der Waals surface area contributed by atoms with E-state index in [0.29, 0.717) is 18.5 Å². The predicted molar refractivity (Wildman–Crippen MR) is 102 cm³/mol. The molecule has 4 nitrogen and oxygen atoms in total. The molecule has 4 heteroatoms. The molecule has 0 radical (unpaired) electrons. The zero-order valence-corrected chi connectivity index (χ0v) is 15.5. The Kier molecular flexibility index (Phi) is 6.13. The molecule has 0 aliphatic heterocycles. The van der Waals surface area contributed by atoms with Gasteiger partial charge in [-0.1, -0.05) is 49.6 Å². The first-order chi connectivity index (χ1) is 12.1. The smallest absolute Gasteiger partial charge is 0.223 e. The first kappa shape index (κ1) is 18.4. The van der Waals surface area contributed by atoms with Crippen LogP contribution in [0.25, 0.3) is 0 Å². The molecule has 2 aliphatic carbocycles. The summed E-state index contributed by atoms with van der Waals surface area (Å²) in [7, 11) is 0. The molecule has 0 saturated heterocycles. The maximum atomic E-state index is 12.7. The zero-order chi connectivity index (χ0) is 17.7. The summed E-state index contributed by atoms with van der Waals surface area (Å²) in [6.45, 7) is 3.59. The highest BCUT2D eigenvalue weighted by Crippen LogP contribution is 2.33. The summed E-state index contributed by atoms with van der Waals surface area (Å²) in [5, 5.41) is 7.11. The molecule has 25 heavy (non-hydrogen) atoms. The van der Waals surface area contributed by atoms with Crippen molar-refractivity contribution in [2.45, 2.75) is 63.5 Å².